The molecule has 0 spiro atoms. The number of H-pyrrole nitrogens is 1. The molecule has 0 atom stereocenters. The summed E-state index contributed by atoms with van der Waals surface area (Å²) in [7, 11) is 0. The van der Waals surface area contributed by atoms with E-state index < -0.39 is 5.41 Å². The predicted octanol–water partition coefficient (Wildman–Crippen LogP) is 3.54. The highest BCUT2D eigenvalue weighted by molar-refractivity contribution is 7.71. The topological polar surface area (TPSA) is 71.9 Å². The van der Waals surface area contributed by atoms with E-state index >= 15 is 0 Å². The number of benzene rings is 1. The second-order valence-corrected chi connectivity index (χ2v) is 7.62. The Morgan fingerprint density at radius 3 is 2.85 bits per heavy atom. The van der Waals surface area contributed by atoms with Crippen LogP contribution in [0.5, 0.6) is 0 Å². The lowest BCUT2D eigenvalue weighted by Crippen LogP contribution is -2.48. The fourth-order valence-electron chi connectivity index (χ4n) is 3.48. The van der Waals surface area contributed by atoms with E-state index in [4.69, 9.17) is 28.6 Å². The Kier molecular flexibility index (Phi) is 5.79. The molecule has 1 aromatic heterocycles. The molecular formula is C18H23ClN4O2S. The summed E-state index contributed by atoms with van der Waals surface area (Å²) in [6, 6.07) is 7.69. The third-order valence-electron chi connectivity index (χ3n) is 4.86. The number of amides is 1. The largest absolute Gasteiger partial charge is 0.381 e. The molecule has 140 valence electrons. The molecule has 0 aliphatic carbocycles. The van der Waals surface area contributed by atoms with Gasteiger partial charge in [-0.25, -0.2) is 0 Å². The van der Waals surface area contributed by atoms with Crippen LogP contribution in [-0.2, 0) is 21.5 Å². The van der Waals surface area contributed by atoms with Crippen molar-refractivity contribution < 1.29 is 9.53 Å². The van der Waals surface area contributed by atoms with Gasteiger partial charge in [0.05, 0.1) is 12.0 Å². The maximum absolute atomic E-state index is 13.2. The fourth-order valence-corrected chi connectivity index (χ4v) is 4.03. The van der Waals surface area contributed by atoms with Crippen molar-refractivity contribution >= 4 is 29.7 Å². The minimum Gasteiger partial charge on any atom is -0.381 e. The molecule has 0 bridgehead atoms. The van der Waals surface area contributed by atoms with Crippen LogP contribution in [0.4, 0.5) is 0 Å². The van der Waals surface area contributed by atoms with Gasteiger partial charge >= 0.3 is 0 Å². The Morgan fingerprint density at radius 2 is 2.19 bits per heavy atom. The number of nitrogens with one attached hydrogen (secondary N) is 2. The molecule has 2 heterocycles. The summed E-state index contributed by atoms with van der Waals surface area (Å²) in [6.45, 7) is 5.47. The Morgan fingerprint density at radius 1 is 1.46 bits per heavy atom. The first-order chi connectivity index (χ1) is 12.4. The molecule has 2 aromatic rings. The zero-order valence-corrected chi connectivity index (χ0v) is 16.5. The standard InChI is InChI=1S/C18H23ClN4O2S/c1-12(2)23-15(21-22-17(23)26)11-20-16(24)18(6-8-25-9-7-18)13-4-3-5-14(19)10-13/h3-5,10,12H,6-9,11H2,1-2H3,(H,20,24)(H,22,26). The number of nitrogens with zero attached hydrogens (tertiary/aromatic N) is 2. The third kappa shape index (κ3) is 3.70. The average molecular weight is 395 g/mol. The zero-order valence-electron chi connectivity index (χ0n) is 14.9. The molecule has 0 saturated carbocycles. The number of aromatic amines is 1. The first kappa shape index (κ1) is 19.1. The predicted molar refractivity (Wildman–Crippen MR) is 103 cm³/mol. The Hall–Kier alpha value is -1.70. The van der Waals surface area contributed by atoms with Gasteiger partial charge in [0.25, 0.3) is 0 Å². The van der Waals surface area contributed by atoms with Gasteiger partial charge in [0.1, 0.15) is 0 Å². The van der Waals surface area contributed by atoms with Gasteiger partial charge in [0, 0.05) is 24.3 Å². The Labute approximate surface area is 162 Å². The van der Waals surface area contributed by atoms with E-state index in [2.05, 4.69) is 15.5 Å². The molecule has 6 nitrogen and oxygen atoms in total. The number of hydrogen-bond donors (Lipinski definition) is 2. The van der Waals surface area contributed by atoms with Gasteiger partial charge in [-0.3, -0.25) is 9.89 Å². The van der Waals surface area contributed by atoms with Crippen molar-refractivity contribution in [2.24, 2.45) is 0 Å². The molecule has 8 heteroatoms. The average Bonchev–Trinajstić information content (AvgIpc) is 3.01. The molecule has 1 fully saturated rings. The SMILES string of the molecule is CC(C)n1c(CNC(=O)C2(c3cccc(Cl)c3)CCOCC2)n[nH]c1=S. The highest BCUT2D eigenvalue weighted by Crippen LogP contribution is 2.36. The zero-order chi connectivity index (χ0) is 18.7. The summed E-state index contributed by atoms with van der Waals surface area (Å²) in [5.74, 6) is 0.680. The number of halogens is 1. The van der Waals surface area contributed by atoms with Crippen molar-refractivity contribution in [3.63, 3.8) is 0 Å². The first-order valence-electron chi connectivity index (χ1n) is 8.72. The summed E-state index contributed by atoms with van der Waals surface area (Å²) in [5, 5.41) is 10.7. The molecule has 1 aliphatic rings. The summed E-state index contributed by atoms with van der Waals surface area (Å²) < 4.78 is 7.96. The molecule has 1 saturated heterocycles. The van der Waals surface area contributed by atoms with Gasteiger partial charge in [-0.2, -0.15) is 5.10 Å². The van der Waals surface area contributed by atoms with Crippen LogP contribution < -0.4 is 5.32 Å². The second kappa shape index (κ2) is 7.90. The molecule has 26 heavy (non-hydrogen) atoms. The van der Waals surface area contributed by atoms with Gasteiger partial charge in [0.2, 0.25) is 5.91 Å². The van der Waals surface area contributed by atoms with E-state index in [-0.39, 0.29) is 11.9 Å². The van der Waals surface area contributed by atoms with Crippen molar-refractivity contribution in [1.29, 1.82) is 0 Å². The van der Waals surface area contributed by atoms with E-state index in [1.165, 1.54) is 0 Å². The highest BCUT2D eigenvalue weighted by atomic mass is 35.5. The third-order valence-corrected chi connectivity index (χ3v) is 5.38. The van der Waals surface area contributed by atoms with E-state index in [1.54, 1.807) is 0 Å². The van der Waals surface area contributed by atoms with Gasteiger partial charge in [0.15, 0.2) is 10.6 Å². The maximum Gasteiger partial charge on any atom is 0.231 e. The number of hydrogen-bond acceptors (Lipinski definition) is 4. The number of rotatable bonds is 5. The first-order valence-corrected chi connectivity index (χ1v) is 9.50. The van der Waals surface area contributed by atoms with Crippen LogP contribution >= 0.6 is 23.8 Å². The van der Waals surface area contributed by atoms with Gasteiger partial charge < -0.3 is 14.6 Å². The number of carbonyl (C=O) groups excluding carboxylic acids is 1. The highest BCUT2D eigenvalue weighted by Gasteiger charge is 2.41. The number of carbonyl (C=O) groups is 1. The minimum absolute atomic E-state index is 0.0349. The van der Waals surface area contributed by atoms with Crippen LogP contribution in [0.25, 0.3) is 0 Å². The van der Waals surface area contributed by atoms with Crippen molar-refractivity contribution in [2.45, 2.75) is 44.7 Å². The van der Waals surface area contributed by atoms with Crippen LogP contribution in [0.2, 0.25) is 5.02 Å². The lowest BCUT2D eigenvalue weighted by atomic mass is 9.73. The smallest absolute Gasteiger partial charge is 0.231 e. The molecule has 2 N–H and O–H groups in total. The summed E-state index contributed by atoms with van der Waals surface area (Å²) in [4.78, 5) is 13.2. The molecule has 3 rings (SSSR count). The lowest BCUT2D eigenvalue weighted by Gasteiger charge is -2.36. The van der Waals surface area contributed by atoms with E-state index in [9.17, 15) is 4.79 Å². The molecule has 1 amide bonds. The summed E-state index contributed by atoms with van der Waals surface area (Å²) in [5.41, 5.74) is 0.285. The number of ether oxygens (including phenoxy) is 1. The second-order valence-electron chi connectivity index (χ2n) is 6.80. The van der Waals surface area contributed by atoms with E-state index in [0.29, 0.717) is 48.2 Å². The summed E-state index contributed by atoms with van der Waals surface area (Å²) in [6.07, 6.45) is 1.24. The Balaban J connectivity index is 1.84. The molecule has 0 unspecified atom stereocenters. The molecule has 0 radical (unpaired) electrons. The maximum atomic E-state index is 13.2. The lowest BCUT2D eigenvalue weighted by molar-refractivity contribution is -0.130. The molecule has 1 aromatic carbocycles. The van der Waals surface area contributed by atoms with Gasteiger partial charge in [-0.1, -0.05) is 23.7 Å². The van der Waals surface area contributed by atoms with Crippen LogP contribution in [0.3, 0.4) is 0 Å². The van der Waals surface area contributed by atoms with Crippen LogP contribution in [0.15, 0.2) is 24.3 Å². The van der Waals surface area contributed by atoms with E-state index in [1.807, 2.05) is 42.7 Å². The summed E-state index contributed by atoms with van der Waals surface area (Å²) >= 11 is 11.4. The monoisotopic (exact) mass is 394 g/mol. The fraction of sp³-hybridized carbons (Fsp3) is 0.500. The van der Waals surface area contributed by atoms with Crippen LogP contribution in [-0.4, -0.2) is 33.9 Å². The number of aromatic nitrogens is 3. The van der Waals surface area contributed by atoms with Crippen molar-refractivity contribution in [3.8, 4) is 0 Å². The van der Waals surface area contributed by atoms with Gasteiger partial charge in [-0.15, -0.1) is 0 Å². The van der Waals surface area contributed by atoms with E-state index in [0.717, 1.165) is 5.56 Å². The van der Waals surface area contributed by atoms with Crippen molar-refractivity contribution in [3.05, 3.63) is 45.4 Å². The normalized spacial score (nSPS) is 16.6. The van der Waals surface area contributed by atoms with Gasteiger partial charge in [-0.05, 0) is 56.6 Å². The van der Waals surface area contributed by atoms with Crippen molar-refractivity contribution in [2.75, 3.05) is 13.2 Å². The minimum atomic E-state index is -0.640. The van der Waals surface area contributed by atoms with Crippen LogP contribution in [0.1, 0.15) is 44.1 Å². The van der Waals surface area contributed by atoms with Crippen molar-refractivity contribution in [1.82, 2.24) is 20.1 Å². The quantitative estimate of drug-likeness (QED) is 0.761. The van der Waals surface area contributed by atoms with Crippen LogP contribution in [0, 0.1) is 4.77 Å². The molecule has 1 aliphatic heterocycles. The molecular weight excluding hydrogens is 372 g/mol. The Bertz CT molecular complexity index is 840.